The van der Waals surface area contributed by atoms with Crippen LogP contribution in [0.15, 0.2) is 103 Å². The molecule has 188 valence electrons. The largest absolute Gasteiger partial charge is 0.492 e. The molecule has 0 radical (unpaired) electrons. The number of anilines is 1. The number of nitrogens with zero attached hydrogens (tertiary/aromatic N) is 1. The predicted molar refractivity (Wildman–Crippen MR) is 137 cm³/mol. The standard InChI is InChI=1S/C30H25F3N2O2/c31-30(32,33)24-14-15-27-26(19-24)28(29(36)34-25-12-5-2-6-13-25)35(16-17-37-27)20-21-8-7-11-23(18-21)22-9-3-1-4-10-22/h1-15,18-19,28H,16-17,20H2,(H,34,36). The van der Waals surface area contributed by atoms with E-state index in [1.54, 1.807) is 24.3 Å². The molecule has 4 aromatic carbocycles. The zero-order valence-electron chi connectivity index (χ0n) is 19.9. The Morgan fingerprint density at radius 2 is 1.57 bits per heavy atom. The number of carbonyl (C=O) groups is 1. The number of para-hydroxylation sites is 1. The summed E-state index contributed by atoms with van der Waals surface area (Å²) in [6.07, 6.45) is -4.55. The average Bonchev–Trinajstić information content (AvgIpc) is 3.08. The lowest BCUT2D eigenvalue weighted by Crippen LogP contribution is -2.37. The van der Waals surface area contributed by atoms with E-state index in [9.17, 15) is 18.0 Å². The molecule has 1 atom stereocenters. The van der Waals surface area contributed by atoms with Gasteiger partial charge in [0.15, 0.2) is 0 Å². The van der Waals surface area contributed by atoms with Crippen LogP contribution >= 0.6 is 0 Å². The number of hydrogen-bond donors (Lipinski definition) is 1. The van der Waals surface area contributed by atoms with Gasteiger partial charge < -0.3 is 10.1 Å². The summed E-state index contributed by atoms with van der Waals surface area (Å²) in [5.74, 6) is -0.141. The first-order chi connectivity index (χ1) is 17.9. The average molecular weight is 503 g/mol. The highest BCUT2D eigenvalue weighted by molar-refractivity contribution is 5.96. The van der Waals surface area contributed by atoms with Crippen LogP contribution in [-0.4, -0.2) is 24.0 Å². The van der Waals surface area contributed by atoms with Crippen molar-refractivity contribution in [1.82, 2.24) is 4.90 Å². The van der Waals surface area contributed by atoms with Crippen LogP contribution in [0.3, 0.4) is 0 Å². The fraction of sp³-hybridized carbons (Fsp3) is 0.167. The van der Waals surface area contributed by atoms with E-state index in [2.05, 4.69) is 5.32 Å². The quantitative estimate of drug-likeness (QED) is 0.321. The highest BCUT2D eigenvalue weighted by atomic mass is 19.4. The number of hydrogen-bond acceptors (Lipinski definition) is 3. The van der Waals surface area contributed by atoms with E-state index in [0.29, 0.717) is 18.8 Å². The summed E-state index contributed by atoms with van der Waals surface area (Å²) in [5, 5.41) is 2.87. The summed E-state index contributed by atoms with van der Waals surface area (Å²) in [5.41, 5.74) is 2.96. The van der Waals surface area contributed by atoms with Crippen molar-refractivity contribution >= 4 is 11.6 Å². The maximum Gasteiger partial charge on any atom is 0.416 e. The molecule has 7 heteroatoms. The molecule has 4 nitrogen and oxygen atoms in total. The molecule has 1 unspecified atom stereocenters. The van der Waals surface area contributed by atoms with Crippen LogP contribution in [0.25, 0.3) is 11.1 Å². The summed E-state index contributed by atoms with van der Waals surface area (Å²) >= 11 is 0. The lowest BCUT2D eigenvalue weighted by Gasteiger charge is -2.29. The van der Waals surface area contributed by atoms with E-state index in [1.165, 1.54) is 6.07 Å². The monoisotopic (exact) mass is 502 g/mol. The zero-order chi connectivity index (χ0) is 25.8. The number of carbonyl (C=O) groups excluding carboxylic acids is 1. The number of benzene rings is 4. The lowest BCUT2D eigenvalue weighted by molar-refractivity contribution is -0.137. The molecule has 5 rings (SSSR count). The van der Waals surface area contributed by atoms with Gasteiger partial charge in [0.1, 0.15) is 18.4 Å². The highest BCUT2D eigenvalue weighted by Gasteiger charge is 2.37. The number of halogens is 3. The number of nitrogens with one attached hydrogen (secondary N) is 1. The Balaban J connectivity index is 1.53. The van der Waals surface area contributed by atoms with Crippen LogP contribution < -0.4 is 10.1 Å². The Morgan fingerprint density at radius 1 is 0.865 bits per heavy atom. The van der Waals surface area contributed by atoms with Gasteiger partial charge in [0.05, 0.1) is 5.56 Å². The molecule has 0 saturated heterocycles. The van der Waals surface area contributed by atoms with Crippen LogP contribution in [0.4, 0.5) is 18.9 Å². The molecule has 1 aliphatic heterocycles. The molecule has 1 heterocycles. The topological polar surface area (TPSA) is 41.6 Å². The zero-order valence-corrected chi connectivity index (χ0v) is 19.9. The maximum atomic E-state index is 13.6. The summed E-state index contributed by atoms with van der Waals surface area (Å²) in [6, 6.07) is 29.1. The summed E-state index contributed by atoms with van der Waals surface area (Å²) in [4.78, 5) is 15.5. The molecule has 0 spiro atoms. The van der Waals surface area contributed by atoms with Crippen molar-refractivity contribution in [2.75, 3.05) is 18.5 Å². The number of rotatable bonds is 5. The smallest absolute Gasteiger partial charge is 0.416 e. The first-order valence-electron chi connectivity index (χ1n) is 12.0. The summed E-state index contributed by atoms with van der Waals surface area (Å²) < 4.78 is 46.7. The van der Waals surface area contributed by atoms with Crippen molar-refractivity contribution in [1.29, 1.82) is 0 Å². The minimum absolute atomic E-state index is 0.194. The second kappa shape index (κ2) is 10.5. The third-order valence-corrected chi connectivity index (χ3v) is 6.34. The molecule has 1 amide bonds. The molecular weight excluding hydrogens is 477 g/mol. The summed E-state index contributed by atoms with van der Waals surface area (Å²) in [7, 11) is 0. The Kier molecular flexibility index (Phi) is 6.97. The fourth-order valence-electron chi connectivity index (χ4n) is 4.59. The highest BCUT2D eigenvalue weighted by Crippen LogP contribution is 2.39. The van der Waals surface area contributed by atoms with Gasteiger partial charge in [0, 0.05) is 24.3 Å². The van der Waals surface area contributed by atoms with Gasteiger partial charge in [-0.3, -0.25) is 9.69 Å². The normalized spacial score (nSPS) is 15.8. The van der Waals surface area contributed by atoms with E-state index in [-0.39, 0.29) is 17.9 Å². The summed E-state index contributed by atoms with van der Waals surface area (Å²) in [6.45, 7) is 0.955. The van der Waals surface area contributed by atoms with Gasteiger partial charge in [-0.15, -0.1) is 0 Å². The van der Waals surface area contributed by atoms with Gasteiger partial charge in [0.2, 0.25) is 5.91 Å². The molecule has 1 aliphatic rings. The van der Waals surface area contributed by atoms with Gasteiger partial charge >= 0.3 is 6.18 Å². The van der Waals surface area contributed by atoms with Crippen LogP contribution in [0.2, 0.25) is 0 Å². The molecule has 37 heavy (non-hydrogen) atoms. The van der Waals surface area contributed by atoms with Crippen molar-refractivity contribution < 1.29 is 22.7 Å². The van der Waals surface area contributed by atoms with Gasteiger partial charge in [-0.1, -0.05) is 66.7 Å². The van der Waals surface area contributed by atoms with Crippen molar-refractivity contribution in [2.45, 2.75) is 18.8 Å². The minimum Gasteiger partial charge on any atom is -0.492 e. The Bertz CT molecular complexity index is 1370. The van der Waals surface area contributed by atoms with E-state index >= 15 is 0 Å². The SMILES string of the molecule is O=C(Nc1ccccc1)C1c2cc(C(F)(F)F)ccc2OCCN1Cc1cccc(-c2ccccc2)c1. The van der Waals surface area contributed by atoms with Gasteiger partial charge in [-0.25, -0.2) is 0 Å². The molecule has 0 aliphatic carbocycles. The number of alkyl halides is 3. The molecule has 1 N–H and O–H groups in total. The third kappa shape index (κ3) is 5.67. The van der Waals surface area contributed by atoms with E-state index in [4.69, 9.17) is 4.74 Å². The lowest BCUT2D eigenvalue weighted by atomic mass is 9.98. The van der Waals surface area contributed by atoms with Gasteiger partial charge in [0.25, 0.3) is 0 Å². The van der Waals surface area contributed by atoms with E-state index in [0.717, 1.165) is 28.8 Å². The molecule has 0 aromatic heterocycles. The van der Waals surface area contributed by atoms with Gasteiger partial charge in [-0.2, -0.15) is 13.2 Å². The van der Waals surface area contributed by atoms with Crippen LogP contribution in [0, 0.1) is 0 Å². The number of ether oxygens (including phenoxy) is 1. The van der Waals surface area contributed by atoms with Crippen LogP contribution in [0.5, 0.6) is 5.75 Å². The van der Waals surface area contributed by atoms with E-state index in [1.807, 2.05) is 65.6 Å². The second-order valence-electron chi connectivity index (χ2n) is 8.89. The first kappa shape index (κ1) is 24.6. The molecule has 0 saturated carbocycles. The third-order valence-electron chi connectivity index (χ3n) is 6.34. The first-order valence-corrected chi connectivity index (χ1v) is 12.0. The van der Waals surface area contributed by atoms with E-state index < -0.39 is 23.7 Å². The number of amides is 1. The fourth-order valence-corrected chi connectivity index (χ4v) is 4.59. The van der Waals surface area contributed by atoms with Crippen molar-refractivity contribution in [3.05, 3.63) is 120 Å². The van der Waals surface area contributed by atoms with Crippen molar-refractivity contribution in [3.63, 3.8) is 0 Å². The van der Waals surface area contributed by atoms with Crippen molar-refractivity contribution in [2.24, 2.45) is 0 Å². The molecule has 4 aromatic rings. The predicted octanol–water partition coefficient (Wildman–Crippen LogP) is 6.95. The van der Waals surface area contributed by atoms with Crippen LogP contribution in [0.1, 0.15) is 22.7 Å². The minimum atomic E-state index is -4.55. The Morgan fingerprint density at radius 3 is 2.30 bits per heavy atom. The Hall–Kier alpha value is -4.10. The molecule has 0 bridgehead atoms. The Labute approximate surface area is 213 Å². The van der Waals surface area contributed by atoms with Crippen molar-refractivity contribution in [3.8, 4) is 16.9 Å². The van der Waals surface area contributed by atoms with Gasteiger partial charge in [-0.05, 0) is 53.1 Å². The van der Waals surface area contributed by atoms with Crippen LogP contribution in [-0.2, 0) is 17.5 Å². The number of fused-ring (bicyclic) bond motifs is 1. The molecule has 0 fully saturated rings. The second-order valence-corrected chi connectivity index (χ2v) is 8.89. The maximum absolute atomic E-state index is 13.6. The molecular formula is C30H25F3N2O2.